The molecule has 4 aromatic rings. The number of amides is 2. The Hall–Kier alpha value is -4.52. The van der Waals surface area contributed by atoms with Crippen molar-refractivity contribution in [3.63, 3.8) is 0 Å². The SMILES string of the molecule is CCCNC(=O)c1cccc(-c2cc(-c3ccccc3OCOC)nc(NC(=O)c3cccs3)c2C#N)c1. The molecule has 2 aromatic heterocycles. The minimum absolute atomic E-state index is 0.0387. The molecule has 0 aliphatic carbocycles. The number of hydrogen-bond acceptors (Lipinski definition) is 7. The molecule has 38 heavy (non-hydrogen) atoms. The lowest BCUT2D eigenvalue weighted by atomic mass is 9.96. The summed E-state index contributed by atoms with van der Waals surface area (Å²) in [4.78, 5) is 30.7. The summed E-state index contributed by atoms with van der Waals surface area (Å²) in [5.74, 6) is 0.0660. The largest absolute Gasteiger partial charge is 0.467 e. The molecule has 0 bridgehead atoms. The number of carbonyl (C=O) groups is 2. The molecule has 8 nitrogen and oxygen atoms in total. The number of thiophene rings is 1. The van der Waals surface area contributed by atoms with Gasteiger partial charge < -0.3 is 20.1 Å². The van der Waals surface area contributed by atoms with Gasteiger partial charge in [-0.3, -0.25) is 9.59 Å². The van der Waals surface area contributed by atoms with E-state index in [2.05, 4.69) is 21.7 Å². The number of methoxy groups -OCH3 is 1. The Morgan fingerprint density at radius 1 is 1.03 bits per heavy atom. The highest BCUT2D eigenvalue weighted by atomic mass is 32.1. The van der Waals surface area contributed by atoms with Gasteiger partial charge in [-0.1, -0.05) is 37.3 Å². The van der Waals surface area contributed by atoms with E-state index in [1.807, 2.05) is 31.2 Å². The van der Waals surface area contributed by atoms with Crippen LogP contribution < -0.4 is 15.4 Å². The number of para-hydroxylation sites is 1. The first kappa shape index (κ1) is 26.5. The summed E-state index contributed by atoms with van der Waals surface area (Å²) in [7, 11) is 1.53. The Morgan fingerprint density at radius 2 is 1.87 bits per heavy atom. The molecule has 2 amide bonds. The fourth-order valence-electron chi connectivity index (χ4n) is 3.79. The molecule has 9 heteroatoms. The Labute approximate surface area is 224 Å². The van der Waals surface area contributed by atoms with E-state index in [9.17, 15) is 14.9 Å². The maximum Gasteiger partial charge on any atom is 0.266 e. The summed E-state index contributed by atoms with van der Waals surface area (Å²) in [6.45, 7) is 2.58. The molecule has 0 unspecified atom stereocenters. The van der Waals surface area contributed by atoms with Crippen molar-refractivity contribution in [1.29, 1.82) is 5.26 Å². The fraction of sp³-hybridized carbons (Fsp3) is 0.172. The number of hydrogen-bond donors (Lipinski definition) is 2. The second-order valence-corrected chi connectivity index (χ2v) is 9.15. The van der Waals surface area contributed by atoms with Crippen molar-refractivity contribution in [2.24, 2.45) is 0 Å². The van der Waals surface area contributed by atoms with Gasteiger partial charge in [0.2, 0.25) is 0 Å². The Bertz CT molecular complexity index is 1480. The van der Waals surface area contributed by atoms with Crippen LogP contribution in [0.5, 0.6) is 5.75 Å². The lowest BCUT2D eigenvalue weighted by Gasteiger charge is -2.16. The van der Waals surface area contributed by atoms with Gasteiger partial charge in [0.25, 0.3) is 11.8 Å². The van der Waals surface area contributed by atoms with Crippen molar-refractivity contribution in [3.8, 4) is 34.2 Å². The summed E-state index contributed by atoms with van der Waals surface area (Å²) >= 11 is 1.29. The summed E-state index contributed by atoms with van der Waals surface area (Å²) < 4.78 is 10.8. The summed E-state index contributed by atoms with van der Waals surface area (Å²) in [5, 5.41) is 17.6. The first-order valence-corrected chi connectivity index (χ1v) is 12.8. The molecule has 0 saturated heterocycles. The Balaban J connectivity index is 1.87. The fourth-order valence-corrected chi connectivity index (χ4v) is 4.41. The van der Waals surface area contributed by atoms with E-state index in [1.54, 1.807) is 47.8 Å². The van der Waals surface area contributed by atoms with Crippen LogP contribution in [0.2, 0.25) is 0 Å². The molecular weight excluding hydrogens is 500 g/mol. The number of anilines is 1. The van der Waals surface area contributed by atoms with Crippen LogP contribution in [0, 0.1) is 11.3 Å². The number of aromatic nitrogens is 1. The third kappa shape index (κ3) is 6.06. The Morgan fingerprint density at radius 3 is 2.61 bits per heavy atom. The summed E-state index contributed by atoms with van der Waals surface area (Å²) in [6, 6.07) is 21.8. The predicted octanol–water partition coefficient (Wildman–Crippen LogP) is 5.72. The molecule has 0 spiro atoms. The van der Waals surface area contributed by atoms with E-state index < -0.39 is 0 Å². The van der Waals surface area contributed by atoms with E-state index in [0.29, 0.717) is 45.1 Å². The summed E-state index contributed by atoms with van der Waals surface area (Å²) in [5.41, 5.74) is 2.93. The molecule has 0 aliphatic rings. The Kier molecular flexibility index (Phi) is 8.82. The zero-order valence-electron chi connectivity index (χ0n) is 21.0. The van der Waals surface area contributed by atoms with Crippen LogP contribution in [-0.2, 0) is 4.74 Å². The molecule has 0 aliphatic heterocycles. The van der Waals surface area contributed by atoms with Gasteiger partial charge in [-0.05, 0) is 53.8 Å². The zero-order chi connectivity index (χ0) is 26.9. The molecule has 4 rings (SSSR count). The van der Waals surface area contributed by atoms with Crippen molar-refractivity contribution in [3.05, 3.63) is 88.1 Å². The molecule has 2 N–H and O–H groups in total. The number of carbonyl (C=O) groups excluding carboxylic acids is 2. The maximum absolute atomic E-state index is 12.9. The van der Waals surface area contributed by atoms with Crippen LogP contribution >= 0.6 is 11.3 Å². The van der Waals surface area contributed by atoms with Crippen LogP contribution in [0.25, 0.3) is 22.4 Å². The molecule has 0 saturated carbocycles. The summed E-state index contributed by atoms with van der Waals surface area (Å²) in [6.07, 6.45) is 0.815. The van der Waals surface area contributed by atoms with Crippen molar-refractivity contribution >= 4 is 29.0 Å². The highest BCUT2D eigenvalue weighted by Gasteiger charge is 2.20. The van der Waals surface area contributed by atoms with Gasteiger partial charge in [-0.25, -0.2) is 4.98 Å². The van der Waals surface area contributed by atoms with Crippen LogP contribution in [0.3, 0.4) is 0 Å². The number of ether oxygens (including phenoxy) is 2. The van der Waals surface area contributed by atoms with Crippen LogP contribution in [0.4, 0.5) is 5.82 Å². The van der Waals surface area contributed by atoms with Gasteiger partial charge in [-0.15, -0.1) is 11.3 Å². The van der Waals surface area contributed by atoms with Crippen molar-refractivity contribution in [2.45, 2.75) is 13.3 Å². The molecule has 0 radical (unpaired) electrons. The highest BCUT2D eigenvalue weighted by Crippen LogP contribution is 2.36. The van der Waals surface area contributed by atoms with Gasteiger partial charge in [0.1, 0.15) is 17.4 Å². The third-order valence-corrected chi connectivity index (χ3v) is 6.44. The van der Waals surface area contributed by atoms with E-state index >= 15 is 0 Å². The molecule has 0 atom stereocenters. The number of benzene rings is 2. The first-order chi connectivity index (χ1) is 18.5. The number of nitriles is 1. The molecule has 192 valence electrons. The van der Waals surface area contributed by atoms with Gasteiger partial charge in [0.05, 0.1) is 10.6 Å². The van der Waals surface area contributed by atoms with Crippen molar-refractivity contribution < 1.29 is 19.1 Å². The van der Waals surface area contributed by atoms with Crippen LogP contribution in [0.1, 0.15) is 38.9 Å². The number of nitrogens with zero attached hydrogens (tertiary/aromatic N) is 2. The maximum atomic E-state index is 12.9. The minimum atomic E-state index is -0.372. The quantitative estimate of drug-likeness (QED) is 0.255. The van der Waals surface area contributed by atoms with Crippen molar-refractivity contribution in [1.82, 2.24) is 10.3 Å². The zero-order valence-corrected chi connectivity index (χ0v) is 21.8. The van der Waals surface area contributed by atoms with E-state index in [-0.39, 0.29) is 30.0 Å². The van der Waals surface area contributed by atoms with E-state index in [0.717, 1.165) is 6.42 Å². The average Bonchev–Trinajstić information content (AvgIpc) is 3.50. The smallest absolute Gasteiger partial charge is 0.266 e. The highest BCUT2D eigenvalue weighted by molar-refractivity contribution is 7.12. The van der Waals surface area contributed by atoms with Crippen LogP contribution in [0.15, 0.2) is 72.1 Å². The second-order valence-electron chi connectivity index (χ2n) is 8.21. The second kappa shape index (κ2) is 12.6. The van der Waals surface area contributed by atoms with Gasteiger partial charge in [0.15, 0.2) is 12.6 Å². The van der Waals surface area contributed by atoms with Gasteiger partial charge in [0, 0.05) is 30.3 Å². The topological polar surface area (TPSA) is 113 Å². The van der Waals surface area contributed by atoms with Crippen LogP contribution in [-0.4, -0.2) is 37.2 Å². The monoisotopic (exact) mass is 526 g/mol. The number of rotatable bonds is 10. The van der Waals surface area contributed by atoms with Gasteiger partial charge in [-0.2, -0.15) is 5.26 Å². The minimum Gasteiger partial charge on any atom is -0.467 e. The van der Waals surface area contributed by atoms with Crippen molar-refractivity contribution in [2.75, 3.05) is 25.8 Å². The molecule has 2 heterocycles. The average molecular weight is 527 g/mol. The van der Waals surface area contributed by atoms with E-state index in [4.69, 9.17) is 9.47 Å². The lowest BCUT2D eigenvalue weighted by Crippen LogP contribution is -2.23. The van der Waals surface area contributed by atoms with Gasteiger partial charge >= 0.3 is 0 Å². The normalized spacial score (nSPS) is 10.4. The standard InChI is InChI=1S/C29H26N4O4S/c1-3-13-31-28(34)20-9-6-8-19(15-20)22-16-24(21-10-4-5-11-25(21)37-18-36-2)32-27(23(22)17-30)33-29(35)26-12-7-14-38-26/h4-12,14-16H,3,13,18H2,1-2H3,(H,31,34)(H,32,33,35). The molecule has 0 fully saturated rings. The predicted molar refractivity (Wildman–Crippen MR) is 147 cm³/mol. The third-order valence-electron chi connectivity index (χ3n) is 5.57. The molecular formula is C29H26N4O4S. The number of pyridine rings is 1. The lowest BCUT2D eigenvalue weighted by molar-refractivity contribution is 0.0515. The van der Waals surface area contributed by atoms with E-state index in [1.165, 1.54) is 18.4 Å². The molecule has 2 aromatic carbocycles. The first-order valence-electron chi connectivity index (χ1n) is 12.0. The number of nitrogens with one attached hydrogen (secondary N) is 2.